The Hall–Kier alpha value is -3.19. The fraction of sp³-hybridized carbons (Fsp3) is 0.478. The van der Waals surface area contributed by atoms with E-state index >= 15 is 0 Å². The number of benzene rings is 1. The van der Waals surface area contributed by atoms with Crippen LogP contribution in [0.15, 0.2) is 30.5 Å². The number of likely N-dealkylation sites (tertiary alicyclic amines) is 1. The Morgan fingerprint density at radius 2 is 1.85 bits per heavy atom. The maximum absolute atomic E-state index is 12.9. The molecule has 5 rings (SSSR count). The number of aromatic nitrogens is 4. The van der Waals surface area contributed by atoms with Crippen LogP contribution in [0.25, 0.3) is 11.0 Å². The normalized spacial score (nSPS) is 21.4. The number of aryl methyl sites for hydroxylation is 1. The molecule has 1 spiro atoms. The predicted molar refractivity (Wildman–Crippen MR) is 116 cm³/mol. The molecule has 1 unspecified atom stereocenters. The molecule has 3 aromatic rings. The van der Waals surface area contributed by atoms with Gasteiger partial charge in [-0.3, -0.25) is 9.58 Å². The third-order valence-electron chi connectivity index (χ3n) is 6.60. The van der Waals surface area contributed by atoms with E-state index in [0.29, 0.717) is 28.2 Å². The summed E-state index contributed by atoms with van der Waals surface area (Å²) < 4.78 is 39.5. The smallest absolute Gasteiger partial charge is 0.355 e. The topological polar surface area (TPSA) is 73.9 Å². The van der Waals surface area contributed by atoms with Gasteiger partial charge in [0.25, 0.3) is 0 Å². The average Bonchev–Trinajstić information content (AvgIpc) is 3.46. The maximum atomic E-state index is 12.9. The standard InChI is InChI=1S/C23H24F3N7/c1-16-28-20-19(12-33(30-20)15-23(24,25)26)21(29-16)32-9-7-22(14-32)6-8-31(13-22)11-18-4-2-17(10-27)3-5-18/h2-5,12H,6-9,11,13-15H2,1H3. The van der Waals surface area contributed by atoms with Crippen molar-refractivity contribution in [1.82, 2.24) is 24.6 Å². The molecule has 0 bridgehead atoms. The summed E-state index contributed by atoms with van der Waals surface area (Å²) in [7, 11) is 0. The molecule has 1 aromatic carbocycles. The summed E-state index contributed by atoms with van der Waals surface area (Å²) in [5.74, 6) is 1.18. The zero-order chi connectivity index (χ0) is 23.2. The van der Waals surface area contributed by atoms with E-state index in [1.807, 2.05) is 24.3 Å². The highest BCUT2D eigenvalue weighted by molar-refractivity contribution is 5.86. The maximum Gasteiger partial charge on any atom is 0.408 e. The first-order valence-electron chi connectivity index (χ1n) is 11.0. The molecule has 2 saturated heterocycles. The van der Waals surface area contributed by atoms with Gasteiger partial charge in [0.05, 0.1) is 17.0 Å². The summed E-state index contributed by atoms with van der Waals surface area (Å²) in [5.41, 5.74) is 2.29. The largest absolute Gasteiger partial charge is 0.408 e. The molecular weight excluding hydrogens is 431 g/mol. The summed E-state index contributed by atoms with van der Waals surface area (Å²) in [6.45, 7) is 5.02. The monoisotopic (exact) mass is 455 g/mol. The van der Waals surface area contributed by atoms with Gasteiger partial charge < -0.3 is 4.90 Å². The third kappa shape index (κ3) is 4.50. The number of hydrogen-bond acceptors (Lipinski definition) is 6. The minimum atomic E-state index is -4.34. The molecule has 2 aromatic heterocycles. The van der Waals surface area contributed by atoms with Gasteiger partial charge >= 0.3 is 6.18 Å². The van der Waals surface area contributed by atoms with Crippen molar-refractivity contribution < 1.29 is 13.2 Å². The quantitative estimate of drug-likeness (QED) is 0.598. The van der Waals surface area contributed by atoms with Gasteiger partial charge in [-0.1, -0.05) is 12.1 Å². The molecule has 2 fully saturated rings. The van der Waals surface area contributed by atoms with Crippen LogP contribution in [0.2, 0.25) is 0 Å². The van der Waals surface area contributed by atoms with E-state index < -0.39 is 12.7 Å². The minimum absolute atomic E-state index is 0.139. The van der Waals surface area contributed by atoms with Crippen molar-refractivity contribution >= 4 is 16.9 Å². The summed E-state index contributed by atoms with van der Waals surface area (Å²) in [6, 6.07) is 9.85. The molecule has 0 amide bonds. The Kier molecular flexibility index (Phi) is 5.24. The summed E-state index contributed by atoms with van der Waals surface area (Å²) in [6.07, 6.45) is -0.850. The molecule has 4 heterocycles. The Balaban J connectivity index is 1.32. The summed E-state index contributed by atoms with van der Waals surface area (Å²) in [5, 5.41) is 13.6. The molecule has 0 N–H and O–H groups in total. The number of halogens is 3. The van der Waals surface area contributed by atoms with Crippen LogP contribution in [-0.2, 0) is 13.1 Å². The lowest BCUT2D eigenvalue weighted by atomic mass is 9.86. The lowest BCUT2D eigenvalue weighted by molar-refractivity contribution is -0.142. The molecule has 7 nitrogen and oxygen atoms in total. The van der Waals surface area contributed by atoms with Gasteiger partial charge in [0.2, 0.25) is 0 Å². The van der Waals surface area contributed by atoms with Gasteiger partial charge in [0.1, 0.15) is 18.2 Å². The van der Waals surface area contributed by atoms with Crippen molar-refractivity contribution in [2.24, 2.45) is 5.41 Å². The van der Waals surface area contributed by atoms with Crippen LogP contribution in [0, 0.1) is 23.7 Å². The molecule has 33 heavy (non-hydrogen) atoms. The average molecular weight is 455 g/mol. The van der Waals surface area contributed by atoms with Crippen LogP contribution in [0.3, 0.4) is 0 Å². The van der Waals surface area contributed by atoms with Gasteiger partial charge in [0, 0.05) is 37.8 Å². The van der Waals surface area contributed by atoms with Crippen molar-refractivity contribution in [2.45, 2.75) is 39.0 Å². The Morgan fingerprint density at radius 3 is 2.58 bits per heavy atom. The van der Waals surface area contributed by atoms with E-state index in [0.717, 1.165) is 50.2 Å². The van der Waals surface area contributed by atoms with Crippen LogP contribution < -0.4 is 4.90 Å². The first kappa shape index (κ1) is 21.6. The van der Waals surface area contributed by atoms with Gasteiger partial charge in [-0.25, -0.2) is 9.97 Å². The zero-order valence-corrected chi connectivity index (χ0v) is 18.3. The zero-order valence-electron chi connectivity index (χ0n) is 18.3. The highest BCUT2D eigenvalue weighted by Gasteiger charge is 2.44. The third-order valence-corrected chi connectivity index (χ3v) is 6.60. The summed E-state index contributed by atoms with van der Waals surface area (Å²) >= 11 is 0. The van der Waals surface area contributed by atoms with E-state index in [4.69, 9.17) is 5.26 Å². The van der Waals surface area contributed by atoms with E-state index in [2.05, 4.69) is 30.9 Å². The number of rotatable bonds is 4. The molecule has 172 valence electrons. The first-order chi connectivity index (χ1) is 15.7. The molecule has 2 aliphatic heterocycles. The second-order valence-corrected chi connectivity index (χ2v) is 9.21. The van der Waals surface area contributed by atoms with E-state index in [1.165, 1.54) is 11.8 Å². The molecule has 0 radical (unpaired) electrons. The molecular formula is C23H24F3N7. The van der Waals surface area contributed by atoms with Gasteiger partial charge in [-0.2, -0.15) is 23.5 Å². The Labute approximate surface area is 189 Å². The molecule has 1 atom stereocenters. The summed E-state index contributed by atoms with van der Waals surface area (Å²) in [4.78, 5) is 13.5. The van der Waals surface area contributed by atoms with Crippen molar-refractivity contribution in [3.05, 3.63) is 47.4 Å². The number of fused-ring (bicyclic) bond motifs is 1. The lowest BCUT2D eigenvalue weighted by Crippen LogP contribution is -2.31. The van der Waals surface area contributed by atoms with Crippen molar-refractivity contribution in [3.8, 4) is 6.07 Å². The Bertz CT molecular complexity index is 1210. The number of alkyl halides is 3. The second kappa shape index (κ2) is 7.99. The number of hydrogen-bond donors (Lipinski definition) is 0. The molecule has 0 saturated carbocycles. The Morgan fingerprint density at radius 1 is 1.09 bits per heavy atom. The number of anilines is 1. The van der Waals surface area contributed by atoms with E-state index in [9.17, 15) is 13.2 Å². The van der Waals surface area contributed by atoms with Crippen LogP contribution >= 0.6 is 0 Å². The minimum Gasteiger partial charge on any atom is -0.355 e. The number of nitrogens with zero attached hydrogens (tertiary/aromatic N) is 7. The van der Waals surface area contributed by atoms with Crippen LogP contribution in [0.4, 0.5) is 19.0 Å². The van der Waals surface area contributed by atoms with E-state index in [1.54, 1.807) is 6.92 Å². The fourth-order valence-electron chi connectivity index (χ4n) is 5.10. The van der Waals surface area contributed by atoms with Crippen molar-refractivity contribution in [3.63, 3.8) is 0 Å². The van der Waals surface area contributed by atoms with E-state index in [-0.39, 0.29) is 5.41 Å². The molecule has 10 heteroatoms. The van der Waals surface area contributed by atoms with Crippen molar-refractivity contribution in [2.75, 3.05) is 31.1 Å². The number of nitriles is 1. The lowest BCUT2D eigenvalue weighted by Gasteiger charge is -2.25. The highest BCUT2D eigenvalue weighted by atomic mass is 19.4. The predicted octanol–water partition coefficient (Wildman–Crippen LogP) is 3.67. The fourth-order valence-corrected chi connectivity index (χ4v) is 5.10. The molecule has 0 aliphatic carbocycles. The highest BCUT2D eigenvalue weighted by Crippen LogP contribution is 2.42. The van der Waals surface area contributed by atoms with Gasteiger partial charge in [-0.05, 0) is 44.0 Å². The molecule has 2 aliphatic rings. The van der Waals surface area contributed by atoms with Gasteiger partial charge in [-0.15, -0.1) is 0 Å². The van der Waals surface area contributed by atoms with Crippen molar-refractivity contribution in [1.29, 1.82) is 5.26 Å². The van der Waals surface area contributed by atoms with Gasteiger partial charge in [0.15, 0.2) is 5.65 Å². The van der Waals surface area contributed by atoms with Crippen LogP contribution in [0.5, 0.6) is 0 Å². The van der Waals surface area contributed by atoms with Crippen LogP contribution in [0.1, 0.15) is 29.8 Å². The van der Waals surface area contributed by atoms with Crippen LogP contribution in [-0.4, -0.2) is 57.0 Å². The first-order valence-corrected chi connectivity index (χ1v) is 11.0. The SMILES string of the molecule is Cc1nc(N2CCC3(CCN(Cc4ccc(C#N)cc4)C3)C2)c2cn(CC(F)(F)F)nc2n1. The second-order valence-electron chi connectivity index (χ2n) is 9.21.